The van der Waals surface area contributed by atoms with Crippen LogP contribution in [0.25, 0.3) is 0 Å². The van der Waals surface area contributed by atoms with Gasteiger partial charge in [-0.15, -0.1) is 0 Å². The molecular formula is C13H19NO5. The van der Waals surface area contributed by atoms with Crippen LogP contribution >= 0.6 is 0 Å². The minimum atomic E-state index is -0.503. The Labute approximate surface area is 112 Å². The van der Waals surface area contributed by atoms with Crippen LogP contribution in [0.1, 0.15) is 6.42 Å². The Hall–Kier alpha value is -1.79. The topological polar surface area (TPSA) is 66.0 Å². The van der Waals surface area contributed by atoms with E-state index in [-0.39, 0.29) is 6.29 Å². The highest BCUT2D eigenvalue weighted by Gasteiger charge is 2.05. The van der Waals surface area contributed by atoms with Crippen LogP contribution in [0.2, 0.25) is 0 Å². The zero-order valence-electron chi connectivity index (χ0n) is 11.3. The van der Waals surface area contributed by atoms with Gasteiger partial charge in [-0.2, -0.15) is 0 Å². The number of benzene rings is 1. The van der Waals surface area contributed by atoms with Gasteiger partial charge in [0, 0.05) is 26.3 Å². The highest BCUT2D eigenvalue weighted by Crippen LogP contribution is 2.16. The molecule has 1 aromatic rings. The molecule has 1 aromatic carbocycles. The third kappa shape index (κ3) is 5.58. The van der Waals surface area contributed by atoms with E-state index in [0.717, 1.165) is 0 Å². The van der Waals surface area contributed by atoms with Crippen molar-refractivity contribution in [1.29, 1.82) is 0 Å². The number of rotatable bonds is 7. The summed E-state index contributed by atoms with van der Waals surface area (Å²) in [5.41, 5.74) is 0.644. The first-order valence-corrected chi connectivity index (χ1v) is 5.83. The molecule has 0 aliphatic rings. The number of methoxy groups -OCH3 is 3. The number of hydrogen-bond donors (Lipinski definition) is 1. The maximum Gasteiger partial charge on any atom is 0.411 e. The fourth-order valence-electron chi connectivity index (χ4n) is 1.41. The summed E-state index contributed by atoms with van der Waals surface area (Å²) in [6, 6.07) is 6.99. The molecule has 0 fully saturated rings. The molecule has 0 aromatic heterocycles. The molecule has 106 valence electrons. The zero-order chi connectivity index (χ0) is 14.1. The largest absolute Gasteiger partial charge is 0.493 e. The van der Waals surface area contributed by atoms with E-state index in [2.05, 4.69) is 10.1 Å². The third-order valence-corrected chi connectivity index (χ3v) is 2.43. The highest BCUT2D eigenvalue weighted by atomic mass is 16.7. The summed E-state index contributed by atoms with van der Waals surface area (Å²) in [4.78, 5) is 11.0. The number of ether oxygens (including phenoxy) is 4. The smallest absolute Gasteiger partial charge is 0.411 e. The molecule has 0 saturated heterocycles. The molecule has 1 amide bonds. The van der Waals surface area contributed by atoms with E-state index in [9.17, 15) is 4.79 Å². The van der Waals surface area contributed by atoms with Crippen LogP contribution in [0.15, 0.2) is 24.3 Å². The van der Waals surface area contributed by atoms with Gasteiger partial charge in [-0.05, 0) is 24.3 Å². The Balaban J connectivity index is 2.37. The van der Waals surface area contributed by atoms with Crippen molar-refractivity contribution < 1.29 is 23.7 Å². The summed E-state index contributed by atoms with van der Waals surface area (Å²) >= 11 is 0. The predicted octanol–water partition coefficient (Wildman–Crippen LogP) is 2.25. The van der Waals surface area contributed by atoms with Gasteiger partial charge in [0.2, 0.25) is 0 Å². The van der Waals surface area contributed by atoms with Crippen LogP contribution in [0, 0.1) is 0 Å². The van der Waals surface area contributed by atoms with Crippen LogP contribution in [0.3, 0.4) is 0 Å². The molecule has 0 saturated carbocycles. The SMILES string of the molecule is COC(=O)Nc1ccc(OCCC(OC)OC)cc1. The van der Waals surface area contributed by atoms with E-state index in [1.54, 1.807) is 38.5 Å². The van der Waals surface area contributed by atoms with Crippen LogP contribution in [-0.2, 0) is 14.2 Å². The first-order valence-electron chi connectivity index (χ1n) is 5.83. The summed E-state index contributed by atoms with van der Waals surface area (Å²) in [6.07, 6.45) is -0.133. The molecule has 6 heteroatoms. The van der Waals surface area contributed by atoms with Gasteiger partial charge in [-0.25, -0.2) is 4.79 Å². The number of nitrogens with one attached hydrogen (secondary N) is 1. The molecule has 0 bridgehead atoms. The molecular weight excluding hydrogens is 250 g/mol. The van der Waals surface area contributed by atoms with Gasteiger partial charge >= 0.3 is 6.09 Å². The normalized spacial score (nSPS) is 10.3. The molecule has 0 aliphatic carbocycles. The lowest BCUT2D eigenvalue weighted by Crippen LogP contribution is -2.16. The molecule has 0 heterocycles. The van der Waals surface area contributed by atoms with Gasteiger partial charge in [-0.1, -0.05) is 0 Å². The quantitative estimate of drug-likeness (QED) is 0.769. The predicted molar refractivity (Wildman–Crippen MR) is 70.4 cm³/mol. The van der Waals surface area contributed by atoms with E-state index >= 15 is 0 Å². The average molecular weight is 269 g/mol. The average Bonchev–Trinajstić information content (AvgIpc) is 2.45. The minimum absolute atomic E-state index is 0.264. The molecule has 1 N–H and O–H groups in total. The van der Waals surface area contributed by atoms with E-state index in [1.807, 2.05) is 0 Å². The first kappa shape index (κ1) is 15.3. The lowest BCUT2D eigenvalue weighted by Gasteiger charge is -2.13. The van der Waals surface area contributed by atoms with Gasteiger partial charge in [0.05, 0.1) is 13.7 Å². The van der Waals surface area contributed by atoms with E-state index in [1.165, 1.54) is 7.11 Å². The standard InChI is InChI=1S/C13H19NO5/c1-16-12(17-2)8-9-19-11-6-4-10(5-7-11)14-13(15)18-3/h4-7,12H,8-9H2,1-3H3,(H,14,15). The lowest BCUT2D eigenvalue weighted by molar-refractivity contribution is -0.110. The number of carbonyl (C=O) groups is 1. The fourth-order valence-corrected chi connectivity index (χ4v) is 1.41. The number of anilines is 1. The maximum atomic E-state index is 11.0. The number of hydrogen-bond acceptors (Lipinski definition) is 5. The maximum absolute atomic E-state index is 11.0. The summed E-state index contributed by atoms with van der Waals surface area (Å²) in [7, 11) is 4.48. The van der Waals surface area contributed by atoms with Crippen LogP contribution in [0.5, 0.6) is 5.75 Å². The van der Waals surface area contributed by atoms with Crippen molar-refractivity contribution in [2.45, 2.75) is 12.7 Å². The first-order chi connectivity index (χ1) is 9.19. The van der Waals surface area contributed by atoms with Crippen molar-refractivity contribution in [1.82, 2.24) is 0 Å². The van der Waals surface area contributed by atoms with Crippen molar-refractivity contribution in [2.24, 2.45) is 0 Å². The van der Waals surface area contributed by atoms with E-state index < -0.39 is 6.09 Å². The van der Waals surface area contributed by atoms with Gasteiger partial charge in [0.1, 0.15) is 5.75 Å². The summed E-state index contributed by atoms with van der Waals surface area (Å²) in [6.45, 7) is 0.482. The molecule has 0 aliphatic heterocycles. The Kier molecular flexibility index (Phi) is 6.70. The molecule has 0 atom stereocenters. The van der Waals surface area contributed by atoms with Crippen molar-refractivity contribution in [3.63, 3.8) is 0 Å². The molecule has 1 rings (SSSR count). The lowest BCUT2D eigenvalue weighted by atomic mass is 10.3. The molecule has 0 radical (unpaired) electrons. The number of carbonyl (C=O) groups excluding carboxylic acids is 1. The van der Waals surface area contributed by atoms with Gasteiger partial charge in [-0.3, -0.25) is 5.32 Å². The Morgan fingerprint density at radius 1 is 1.16 bits per heavy atom. The summed E-state index contributed by atoms with van der Waals surface area (Å²) in [5, 5.41) is 2.55. The Morgan fingerprint density at radius 3 is 2.32 bits per heavy atom. The van der Waals surface area contributed by atoms with Crippen LogP contribution in [0.4, 0.5) is 10.5 Å². The van der Waals surface area contributed by atoms with Crippen molar-refractivity contribution >= 4 is 11.8 Å². The minimum Gasteiger partial charge on any atom is -0.493 e. The second-order valence-electron chi connectivity index (χ2n) is 3.68. The molecule has 0 spiro atoms. The van der Waals surface area contributed by atoms with Gasteiger partial charge in [0.25, 0.3) is 0 Å². The Morgan fingerprint density at radius 2 is 1.79 bits per heavy atom. The highest BCUT2D eigenvalue weighted by molar-refractivity contribution is 5.84. The third-order valence-electron chi connectivity index (χ3n) is 2.43. The molecule has 0 unspecified atom stereocenters. The van der Waals surface area contributed by atoms with Crippen LogP contribution in [-0.4, -0.2) is 40.3 Å². The van der Waals surface area contributed by atoms with Crippen molar-refractivity contribution in [3.8, 4) is 5.75 Å². The fraction of sp³-hybridized carbons (Fsp3) is 0.462. The van der Waals surface area contributed by atoms with E-state index in [4.69, 9.17) is 14.2 Å². The monoisotopic (exact) mass is 269 g/mol. The molecule has 19 heavy (non-hydrogen) atoms. The van der Waals surface area contributed by atoms with Crippen molar-refractivity contribution in [3.05, 3.63) is 24.3 Å². The zero-order valence-corrected chi connectivity index (χ0v) is 11.3. The Bertz CT molecular complexity index is 375. The summed E-state index contributed by atoms with van der Waals surface area (Å²) in [5.74, 6) is 0.710. The van der Waals surface area contributed by atoms with Gasteiger partial charge in [0.15, 0.2) is 6.29 Å². The number of amides is 1. The van der Waals surface area contributed by atoms with E-state index in [0.29, 0.717) is 24.5 Å². The summed E-state index contributed by atoms with van der Waals surface area (Å²) < 4.78 is 20.1. The van der Waals surface area contributed by atoms with Crippen molar-refractivity contribution in [2.75, 3.05) is 33.3 Å². The molecule has 6 nitrogen and oxygen atoms in total. The van der Waals surface area contributed by atoms with Gasteiger partial charge < -0.3 is 18.9 Å². The van der Waals surface area contributed by atoms with Crippen LogP contribution < -0.4 is 10.1 Å². The second-order valence-corrected chi connectivity index (χ2v) is 3.68. The second kappa shape index (κ2) is 8.34.